The van der Waals surface area contributed by atoms with E-state index in [0.717, 1.165) is 0 Å². The lowest BCUT2D eigenvalue weighted by atomic mass is 10.0. The van der Waals surface area contributed by atoms with E-state index in [-0.39, 0.29) is 18.8 Å². The van der Waals surface area contributed by atoms with Gasteiger partial charge in [0.05, 0.1) is 12.2 Å². The van der Waals surface area contributed by atoms with Gasteiger partial charge < -0.3 is 30.3 Å². The summed E-state index contributed by atoms with van der Waals surface area (Å²) in [7, 11) is 0. The topological polar surface area (TPSA) is 134 Å². The molecular formula is C21H32N2O7. The first-order valence-electron chi connectivity index (χ1n) is 9.61. The summed E-state index contributed by atoms with van der Waals surface area (Å²) in [5, 5.41) is 23.7. The molecular weight excluding hydrogens is 392 g/mol. The van der Waals surface area contributed by atoms with Gasteiger partial charge in [-0.2, -0.15) is 0 Å². The Kier molecular flexibility index (Phi) is 8.65. The van der Waals surface area contributed by atoms with E-state index in [1.807, 2.05) is 0 Å². The van der Waals surface area contributed by atoms with Crippen LogP contribution in [0.15, 0.2) is 24.3 Å². The zero-order chi connectivity index (χ0) is 23.1. The number of hydrogen-bond acceptors (Lipinski definition) is 6. The molecule has 4 N–H and O–H groups in total. The Morgan fingerprint density at radius 3 is 1.97 bits per heavy atom. The van der Waals surface area contributed by atoms with Crippen LogP contribution in [0.5, 0.6) is 5.75 Å². The fraction of sp³-hybridized carbons (Fsp3) is 0.571. The highest BCUT2D eigenvalue weighted by Gasteiger charge is 2.29. The van der Waals surface area contributed by atoms with Gasteiger partial charge in [0.2, 0.25) is 5.91 Å². The van der Waals surface area contributed by atoms with E-state index in [0.29, 0.717) is 5.56 Å². The second-order valence-corrected chi connectivity index (χ2v) is 8.89. The normalized spacial score (nSPS) is 13.8. The number of ether oxygens (including phenoxy) is 2. The number of carbonyl (C=O) groups excluding carboxylic acids is 2. The lowest BCUT2D eigenvalue weighted by molar-refractivity contribution is -0.145. The van der Waals surface area contributed by atoms with Gasteiger partial charge >= 0.3 is 12.1 Å². The minimum Gasteiger partial charge on any atom is -0.508 e. The van der Waals surface area contributed by atoms with Crippen LogP contribution in [0.1, 0.15) is 47.1 Å². The number of carboxylic acid groups (broad SMARTS) is 1. The number of carboxylic acids is 1. The third-order valence-corrected chi connectivity index (χ3v) is 3.68. The minimum absolute atomic E-state index is 0.0603. The summed E-state index contributed by atoms with van der Waals surface area (Å²) < 4.78 is 10.7. The van der Waals surface area contributed by atoms with E-state index in [9.17, 15) is 24.6 Å². The molecule has 168 valence electrons. The summed E-state index contributed by atoms with van der Waals surface area (Å²) in [5.41, 5.74) is -0.700. The number of aliphatic carboxylic acids is 1. The van der Waals surface area contributed by atoms with Crippen molar-refractivity contribution in [1.82, 2.24) is 10.6 Å². The molecule has 1 rings (SSSR count). The average molecular weight is 424 g/mol. The average Bonchev–Trinajstić information content (AvgIpc) is 2.57. The summed E-state index contributed by atoms with van der Waals surface area (Å²) in [4.78, 5) is 36.6. The zero-order valence-electron chi connectivity index (χ0n) is 18.3. The number of rotatable bonds is 8. The van der Waals surface area contributed by atoms with E-state index in [2.05, 4.69) is 10.6 Å². The van der Waals surface area contributed by atoms with Crippen LogP contribution in [0.25, 0.3) is 0 Å². The molecule has 9 heteroatoms. The first-order valence-corrected chi connectivity index (χ1v) is 9.61. The number of benzene rings is 1. The van der Waals surface area contributed by atoms with Gasteiger partial charge in [-0.05, 0) is 59.2 Å². The fourth-order valence-corrected chi connectivity index (χ4v) is 2.31. The van der Waals surface area contributed by atoms with Gasteiger partial charge in [0.25, 0.3) is 0 Å². The number of phenols is 1. The van der Waals surface area contributed by atoms with Crippen molar-refractivity contribution in [2.45, 2.75) is 71.2 Å². The van der Waals surface area contributed by atoms with Gasteiger partial charge in [0.15, 0.2) is 6.04 Å². The van der Waals surface area contributed by atoms with E-state index in [1.54, 1.807) is 53.7 Å². The number of nitrogens with one attached hydrogen (secondary N) is 2. The molecule has 0 saturated heterocycles. The van der Waals surface area contributed by atoms with Crippen molar-refractivity contribution in [2.24, 2.45) is 0 Å². The molecule has 0 spiro atoms. The van der Waals surface area contributed by atoms with E-state index in [1.165, 1.54) is 12.1 Å². The van der Waals surface area contributed by atoms with Crippen LogP contribution in [0.4, 0.5) is 4.79 Å². The summed E-state index contributed by atoms with van der Waals surface area (Å²) in [6.07, 6.45) is -0.739. The molecule has 0 radical (unpaired) electrons. The van der Waals surface area contributed by atoms with Gasteiger partial charge in [-0.25, -0.2) is 9.59 Å². The fourth-order valence-electron chi connectivity index (χ4n) is 2.31. The number of amides is 2. The number of alkyl carbamates (subject to hydrolysis) is 1. The highest BCUT2D eigenvalue weighted by atomic mass is 16.6. The molecule has 1 aromatic rings. The number of aromatic hydroxyl groups is 1. The predicted octanol–water partition coefficient (Wildman–Crippen LogP) is 2.21. The van der Waals surface area contributed by atoms with Crippen LogP contribution in [0.2, 0.25) is 0 Å². The lowest BCUT2D eigenvalue weighted by Gasteiger charge is -2.26. The smallest absolute Gasteiger partial charge is 0.408 e. The van der Waals surface area contributed by atoms with Crippen LogP contribution in [-0.4, -0.2) is 58.1 Å². The second-order valence-electron chi connectivity index (χ2n) is 8.89. The maximum atomic E-state index is 12.8. The number of hydrogen-bond donors (Lipinski definition) is 4. The molecule has 0 aromatic heterocycles. The van der Waals surface area contributed by atoms with Crippen molar-refractivity contribution in [3.8, 4) is 5.75 Å². The maximum Gasteiger partial charge on any atom is 0.408 e. The van der Waals surface area contributed by atoms with Crippen LogP contribution >= 0.6 is 0 Å². The standard InChI is InChI=1S/C21H32N2O7/c1-20(2,3)29-12-16(18(26)27)22-17(25)15(23-19(28)30-21(4,5)6)11-13-7-9-14(24)10-8-13/h7-10,15-16,24H,11-12H2,1-6H3,(H,22,25)(H,23,28)(H,26,27)/t15-,16+/m0/s1. The zero-order valence-corrected chi connectivity index (χ0v) is 18.3. The van der Waals surface area contributed by atoms with Crippen molar-refractivity contribution >= 4 is 18.0 Å². The quantitative estimate of drug-likeness (QED) is 0.503. The third kappa shape index (κ3) is 10.1. The Balaban J connectivity index is 2.96. The molecule has 0 saturated carbocycles. The Morgan fingerprint density at radius 1 is 0.933 bits per heavy atom. The highest BCUT2D eigenvalue weighted by Crippen LogP contribution is 2.13. The molecule has 1 aromatic carbocycles. The van der Waals surface area contributed by atoms with E-state index in [4.69, 9.17) is 9.47 Å². The maximum absolute atomic E-state index is 12.8. The van der Waals surface area contributed by atoms with Crippen molar-refractivity contribution in [3.05, 3.63) is 29.8 Å². The molecule has 30 heavy (non-hydrogen) atoms. The second kappa shape index (κ2) is 10.3. The molecule has 0 aliphatic rings. The van der Waals surface area contributed by atoms with Gasteiger partial charge in [-0.3, -0.25) is 4.79 Å². The highest BCUT2D eigenvalue weighted by molar-refractivity contribution is 5.89. The summed E-state index contributed by atoms with van der Waals surface area (Å²) in [5.74, 6) is -1.89. The van der Waals surface area contributed by atoms with Crippen molar-refractivity contribution < 1.29 is 34.1 Å². The number of carbonyl (C=O) groups is 3. The SMILES string of the molecule is CC(C)(C)OC[C@@H](NC(=O)[C@H](Cc1ccc(O)cc1)NC(=O)OC(C)(C)C)C(=O)O. The lowest BCUT2D eigenvalue weighted by Crippen LogP contribution is -2.54. The van der Waals surface area contributed by atoms with Crippen LogP contribution in [0.3, 0.4) is 0 Å². The van der Waals surface area contributed by atoms with Gasteiger partial charge in [0, 0.05) is 6.42 Å². The first kappa shape index (κ1) is 25.2. The summed E-state index contributed by atoms with van der Waals surface area (Å²) >= 11 is 0. The molecule has 0 unspecified atom stereocenters. The Labute approximate surface area is 176 Å². The Hall–Kier alpha value is -2.81. The molecule has 0 heterocycles. The summed E-state index contributed by atoms with van der Waals surface area (Å²) in [6.45, 7) is 10.1. The predicted molar refractivity (Wildman–Crippen MR) is 110 cm³/mol. The van der Waals surface area contributed by atoms with E-state index >= 15 is 0 Å². The van der Waals surface area contributed by atoms with Crippen LogP contribution < -0.4 is 10.6 Å². The molecule has 0 aliphatic carbocycles. The molecule has 0 aliphatic heterocycles. The van der Waals surface area contributed by atoms with Gasteiger partial charge in [-0.15, -0.1) is 0 Å². The monoisotopic (exact) mass is 424 g/mol. The van der Waals surface area contributed by atoms with E-state index < -0.39 is 41.3 Å². The Bertz CT molecular complexity index is 733. The van der Waals surface area contributed by atoms with Gasteiger partial charge in [0.1, 0.15) is 17.4 Å². The molecule has 9 nitrogen and oxygen atoms in total. The van der Waals surface area contributed by atoms with Crippen molar-refractivity contribution in [1.29, 1.82) is 0 Å². The van der Waals surface area contributed by atoms with Gasteiger partial charge in [-0.1, -0.05) is 12.1 Å². The number of phenolic OH excluding ortho intramolecular Hbond substituents is 1. The van der Waals surface area contributed by atoms with Crippen LogP contribution in [-0.2, 0) is 25.5 Å². The summed E-state index contributed by atoms with van der Waals surface area (Å²) in [6, 6.07) is 3.72. The first-order chi connectivity index (χ1) is 13.7. The molecule has 2 atom stereocenters. The minimum atomic E-state index is -1.29. The Morgan fingerprint density at radius 2 is 1.50 bits per heavy atom. The largest absolute Gasteiger partial charge is 0.508 e. The van der Waals surface area contributed by atoms with Crippen molar-refractivity contribution in [2.75, 3.05) is 6.61 Å². The molecule has 0 fully saturated rings. The third-order valence-electron chi connectivity index (χ3n) is 3.68. The van der Waals surface area contributed by atoms with Crippen molar-refractivity contribution in [3.63, 3.8) is 0 Å². The molecule has 0 bridgehead atoms. The molecule has 2 amide bonds. The van der Waals surface area contributed by atoms with Crippen LogP contribution in [0, 0.1) is 0 Å².